The van der Waals surface area contributed by atoms with Crippen LogP contribution in [0.15, 0.2) is 30.6 Å². The minimum atomic E-state index is -0.0726. The second-order valence-electron chi connectivity index (χ2n) is 7.01. The average Bonchev–Trinajstić information content (AvgIpc) is 3.30. The zero-order valence-electron chi connectivity index (χ0n) is 15.1. The monoisotopic (exact) mass is 369 g/mol. The topological polar surface area (TPSA) is 63.1 Å². The van der Waals surface area contributed by atoms with E-state index in [4.69, 9.17) is 0 Å². The summed E-state index contributed by atoms with van der Waals surface area (Å²) in [7, 11) is 2.13. The molecular weight excluding hydrogens is 346 g/mol. The molecule has 0 spiro atoms. The molecule has 0 radical (unpaired) electrons. The van der Waals surface area contributed by atoms with Gasteiger partial charge in [0.05, 0.1) is 11.0 Å². The molecule has 0 aliphatic carbocycles. The predicted molar refractivity (Wildman–Crippen MR) is 104 cm³/mol. The number of carbonyl (C=O) groups is 1. The summed E-state index contributed by atoms with van der Waals surface area (Å²) in [6, 6.07) is 6.35. The molecular formula is C19H23N5OS. The van der Waals surface area contributed by atoms with Crippen LogP contribution in [0.4, 0.5) is 5.13 Å². The third-order valence-electron chi connectivity index (χ3n) is 5.00. The number of aryl methyl sites for hydroxylation is 1. The number of nitrogens with zero attached hydrogens (tertiary/aromatic N) is 4. The van der Waals surface area contributed by atoms with Crippen LogP contribution in [0.5, 0.6) is 0 Å². The van der Waals surface area contributed by atoms with Crippen LogP contribution < -0.4 is 5.32 Å². The van der Waals surface area contributed by atoms with Gasteiger partial charge in [-0.15, -0.1) is 11.3 Å². The average molecular weight is 369 g/mol. The number of aromatic nitrogens is 3. The van der Waals surface area contributed by atoms with Crippen LogP contribution in [-0.2, 0) is 24.8 Å². The molecule has 6 nitrogen and oxygen atoms in total. The molecule has 1 atom stereocenters. The van der Waals surface area contributed by atoms with E-state index < -0.39 is 0 Å². The van der Waals surface area contributed by atoms with Crippen molar-refractivity contribution in [2.24, 2.45) is 13.0 Å². The second-order valence-corrected chi connectivity index (χ2v) is 8.12. The Labute approximate surface area is 156 Å². The van der Waals surface area contributed by atoms with Crippen molar-refractivity contribution >= 4 is 33.4 Å². The molecule has 136 valence electrons. The second kappa shape index (κ2) is 7.17. The van der Waals surface area contributed by atoms with Crippen molar-refractivity contribution in [3.63, 3.8) is 0 Å². The molecule has 4 heterocycles. The number of anilines is 1. The Morgan fingerprint density at radius 2 is 2.31 bits per heavy atom. The Hall–Kier alpha value is -2.25. The Morgan fingerprint density at radius 1 is 1.42 bits per heavy atom. The van der Waals surface area contributed by atoms with Gasteiger partial charge in [-0.1, -0.05) is 0 Å². The minimum Gasteiger partial charge on any atom is -0.346 e. The highest BCUT2D eigenvalue weighted by Gasteiger charge is 2.24. The highest BCUT2D eigenvalue weighted by molar-refractivity contribution is 7.15. The third kappa shape index (κ3) is 3.64. The molecule has 0 aromatic carbocycles. The summed E-state index contributed by atoms with van der Waals surface area (Å²) in [5.74, 6) is 0.595. The van der Waals surface area contributed by atoms with Gasteiger partial charge < -0.3 is 9.88 Å². The normalized spacial score (nSPS) is 17.8. The van der Waals surface area contributed by atoms with Crippen molar-refractivity contribution in [1.82, 2.24) is 19.4 Å². The first kappa shape index (κ1) is 17.2. The minimum absolute atomic E-state index is 0.0726. The first-order valence-electron chi connectivity index (χ1n) is 8.92. The van der Waals surface area contributed by atoms with Gasteiger partial charge in [-0.3, -0.25) is 14.7 Å². The van der Waals surface area contributed by atoms with Crippen molar-refractivity contribution in [2.75, 3.05) is 18.4 Å². The standard InChI is InChI=1S/C19H23N5OS/c1-13(25)22-19-21-10-16(26-19)12-24-7-5-14(11-24)8-15-9-17-18(23(15)2)4-3-6-20-17/h3-4,6,9-10,14H,5,7-8,11-12H2,1-2H3,(H,21,22,25)/t14-/m1/s1. The molecule has 1 saturated heterocycles. The molecule has 1 amide bonds. The van der Waals surface area contributed by atoms with Crippen molar-refractivity contribution in [3.05, 3.63) is 41.2 Å². The van der Waals surface area contributed by atoms with Crippen LogP contribution in [0.1, 0.15) is 23.9 Å². The molecule has 1 fully saturated rings. The van der Waals surface area contributed by atoms with E-state index in [9.17, 15) is 4.79 Å². The fraction of sp³-hybridized carbons (Fsp3) is 0.421. The van der Waals surface area contributed by atoms with Gasteiger partial charge in [-0.05, 0) is 43.5 Å². The largest absolute Gasteiger partial charge is 0.346 e. The summed E-state index contributed by atoms with van der Waals surface area (Å²) in [6.07, 6.45) is 6.03. The van der Waals surface area contributed by atoms with Gasteiger partial charge in [-0.2, -0.15) is 0 Å². The Morgan fingerprint density at radius 3 is 3.12 bits per heavy atom. The Balaban J connectivity index is 1.36. The van der Waals surface area contributed by atoms with Crippen molar-refractivity contribution in [2.45, 2.75) is 26.3 Å². The lowest BCUT2D eigenvalue weighted by atomic mass is 10.0. The number of carbonyl (C=O) groups excluding carboxylic acids is 1. The molecule has 7 heteroatoms. The van der Waals surface area contributed by atoms with Crippen molar-refractivity contribution in [1.29, 1.82) is 0 Å². The van der Waals surface area contributed by atoms with E-state index in [1.165, 1.54) is 29.4 Å². The van der Waals surface area contributed by atoms with E-state index >= 15 is 0 Å². The fourth-order valence-corrected chi connectivity index (χ4v) is 4.64. The predicted octanol–water partition coefficient (Wildman–Crippen LogP) is 3.05. The van der Waals surface area contributed by atoms with Gasteiger partial charge in [0.2, 0.25) is 5.91 Å². The zero-order valence-corrected chi connectivity index (χ0v) is 15.9. The SMILES string of the molecule is CC(=O)Nc1ncc(CN2CC[C@H](Cc3cc4ncccc4n3C)C2)s1. The van der Waals surface area contributed by atoms with E-state index in [2.05, 4.69) is 43.9 Å². The van der Waals surface area contributed by atoms with Crippen LogP contribution in [0.2, 0.25) is 0 Å². The number of amides is 1. The lowest BCUT2D eigenvalue weighted by Crippen LogP contribution is -2.20. The molecule has 3 aromatic heterocycles. The van der Waals surface area contributed by atoms with Gasteiger partial charge in [0.25, 0.3) is 0 Å². The lowest BCUT2D eigenvalue weighted by molar-refractivity contribution is -0.114. The molecule has 1 aliphatic heterocycles. The van der Waals surface area contributed by atoms with Gasteiger partial charge in [-0.25, -0.2) is 4.98 Å². The number of hydrogen-bond donors (Lipinski definition) is 1. The Bertz CT molecular complexity index is 931. The maximum Gasteiger partial charge on any atom is 0.223 e. The van der Waals surface area contributed by atoms with Crippen molar-refractivity contribution < 1.29 is 4.79 Å². The maximum atomic E-state index is 11.1. The summed E-state index contributed by atoms with van der Waals surface area (Å²) < 4.78 is 2.27. The van der Waals surface area contributed by atoms with Gasteiger partial charge in [0, 0.05) is 50.0 Å². The number of likely N-dealkylation sites (tertiary alicyclic amines) is 1. The van der Waals surface area contributed by atoms with Gasteiger partial charge in [0.15, 0.2) is 5.13 Å². The van der Waals surface area contributed by atoms with E-state index in [1.54, 1.807) is 11.3 Å². The zero-order chi connectivity index (χ0) is 18.1. The summed E-state index contributed by atoms with van der Waals surface area (Å²) in [5.41, 5.74) is 3.64. The fourth-order valence-electron chi connectivity index (χ4n) is 3.74. The smallest absolute Gasteiger partial charge is 0.223 e. The van der Waals surface area contributed by atoms with E-state index in [1.807, 2.05) is 18.5 Å². The van der Waals surface area contributed by atoms with Gasteiger partial charge >= 0.3 is 0 Å². The number of hydrogen-bond acceptors (Lipinski definition) is 5. The van der Waals surface area contributed by atoms with E-state index in [0.29, 0.717) is 11.0 Å². The number of nitrogens with one attached hydrogen (secondary N) is 1. The third-order valence-corrected chi connectivity index (χ3v) is 5.89. The Kier molecular flexibility index (Phi) is 4.74. The molecule has 3 aromatic rings. The molecule has 1 N–H and O–H groups in total. The van der Waals surface area contributed by atoms with E-state index in [0.717, 1.165) is 31.6 Å². The molecule has 26 heavy (non-hydrogen) atoms. The molecule has 0 bridgehead atoms. The first-order valence-corrected chi connectivity index (χ1v) is 9.74. The molecule has 1 aliphatic rings. The molecule has 0 unspecified atom stereocenters. The van der Waals surface area contributed by atoms with Crippen LogP contribution in [0.25, 0.3) is 11.0 Å². The molecule has 4 rings (SSSR count). The van der Waals surface area contributed by atoms with E-state index in [-0.39, 0.29) is 5.91 Å². The summed E-state index contributed by atoms with van der Waals surface area (Å²) in [4.78, 5) is 23.5. The van der Waals surface area contributed by atoms with Crippen LogP contribution in [0, 0.1) is 5.92 Å². The highest BCUT2D eigenvalue weighted by Crippen LogP contribution is 2.27. The number of thiazole rings is 1. The molecule has 0 saturated carbocycles. The summed E-state index contributed by atoms with van der Waals surface area (Å²) >= 11 is 1.56. The number of fused-ring (bicyclic) bond motifs is 1. The first-order chi connectivity index (χ1) is 12.6. The van der Waals surface area contributed by atoms with Crippen LogP contribution in [0.3, 0.4) is 0 Å². The highest BCUT2D eigenvalue weighted by atomic mass is 32.1. The van der Waals surface area contributed by atoms with Crippen LogP contribution >= 0.6 is 11.3 Å². The van der Waals surface area contributed by atoms with Crippen LogP contribution in [-0.4, -0.2) is 38.4 Å². The summed E-state index contributed by atoms with van der Waals surface area (Å²) in [6.45, 7) is 4.63. The maximum absolute atomic E-state index is 11.1. The van der Waals surface area contributed by atoms with Gasteiger partial charge in [0.1, 0.15) is 0 Å². The van der Waals surface area contributed by atoms with Crippen molar-refractivity contribution in [3.8, 4) is 0 Å². The number of rotatable bonds is 5. The lowest BCUT2D eigenvalue weighted by Gasteiger charge is -2.15. The summed E-state index contributed by atoms with van der Waals surface area (Å²) in [5, 5.41) is 3.44. The quantitative estimate of drug-likeness (QED) is 0.751. The number of pyridine rings is 1.